The Hall–Kier alpha value is -0.600. The fourth-order valence-corrected chi connectivity index (χ4v) is 1.32. The molecule has 0 saturated carbocycles. The molecule has 1 aromatic carbocycles. The van der Waals surface area contributed by atoms with E-state index in [1.165, 1.54) is 6.07 Å². The summed E-state index contributed by atoms with van der Waals surface area (Å²) in [5.74, 6) is -0.278. The fourth-order valence-electron chi connectivity index (χ4n) is 1.03. The molecule has 1 heterocycles. The van der Waals surface area contributed by atoms with Crippen molar-refractivity contribution < 1.29 is 9.13 Å². The van der Waals surface area contributed by atoms with Gasteiger partial charge in [0.15, 0.2) is 0 Å². The zero-order chi connectivity index (χ0) is 7.84. The SMILES string of the molecule is Fc1cccc(Cl)c1[C@H]1CO1. The molecule has 0 unspecified atom stereocenters. The quantitative estimate of drug-likeness (QED) is 0.593. The van der Waals surface area contributed by atoms with Gasteiger partial charge in [0.1, 0.15) is 11.9 Å². The van der Waals surface area contributed by atoms with Crippen molar-refractivity contribution >= 4 is 11.6 Å². The van der Waals surface area contributed by atoms with Gasteiger partial charge in [0.05, 0.1) is 6.61 Å². The molecular formula is C8H6ClFO. The predicted molar refractivity (Wildman–Crippen MR) is 40.1 cm³/mol. The molecule has 1 saturated heterocycles. The van der Waals surface area contributed by atoms with Crippen LogP contribution in [-0.2, 0) is 4.74 Å². The van der Waals surface area contributed by atoms with E-state index < -0.39 is 0 Å². The lowest BCUT2D eigenvalue weighted by molar-refractivity contribution is 0.408. The summed E-state index contributed by atoms with van der Waals surface area (Å²) >= 11 is 5.74. The van der Waals surface area contributed by atoms with Crippen LogP contribution in [0, 0.1) is 5.82 Å². The topological polar surface area (TPSA) is 12.5 Å². The average molecular weight is 173 g/mol. The molecule has 0 radical (unpaired) electrons. The van der Waals surface area contributed by atoms with Crippen LogP contribution in [0.5, 0.6) is 0 Å². The average Bonchev–Trinajstić information content (AvgIpc) is 2.70. The minimum atomic E-state index is -0.278. The Labute approximate surface area is 68.7 Å². The van der Waals surface area contributed by atoms with Crippen LogP contribution in [0.3, 0.4) is 0 Å². The molecule has 1 atom stereocenters. The molecule has 1 aromatic rings. The minimum Gasteiger partial charge on any atom is -0.368 e. The van der Waals surface area contributed by atoms with Gasteiger partial charge in [-0.2, -0.15) is 0 Å². The first-order valence-electron chi connectivity index (χ1n) is 3.34. The highest BCUT2D eigenvalue weighted by molar-refractivity contribution is 6.31. The Bertz CT molecular complexity index is 263. The van der Waals surface area contributed by atoms with Crippen LogP contribution in [0.25, 0.3) is 0 Å². The van der Waals surface area contributed by atoms with E-state index in [0.29, 0.717) is 17.2 Å². The highest BCUT2D eigenvalue weighted by Crippen LogP contribution is 2.36. The summed E-state index contributed by atoms with van der Waals surface area (Å²) in [6.07, 6.45) is -0.108. The van der Waals surface area contributed by atoms with E-state index in [4.69, 9.17) is 16.3 Å². The Kier molecular flexibility index (Phi) is 1.59. The van der Waals surface area contributed by atoms with Crippen LogP contribution < -0.4 is 0 Å². The summed E-state index contributed by atoms with van der Waals surface area (Å²) in [5, 5.41) is 0.451. The van der Waals surface area contributed by atoms with Crippen molar-refractivity contribution in [1.29, 1.82) is 0 Å². The lowest BCUT2D eigenvalue weighted by atomic mass is 10.1. The standard InChI is InChI=1S/C8H6ClFO/c9-5-2-1-3-6(10)8(5)7-4-11-7/h1-3,7H,4H2/t7-/m1/s1. The zero-order valence-corrected chi connectivity index (χ0v) is 6.44. The number of rotatable bonds is 1. The number of epoxide rings is 1. The van der Waals surface area contributed by atoms with Gasteiger partial charge >= 0.3 is 0 Å². The Morgan fingerprint density at radius 3 is 2.82 bits per heavy atom. The van der Waals surface area contributed by atoms with Crippen LogP contribution >= 0.6 is 11.6 Å². The van der Waals surface area contributed by atoms with Gasteiger partial charge in [0.2, 0.25) is 0 Å². The molecule has 11 heavy (non-hydrogen) atoms. The van der Waals surface area contributed by atoms with Gasteiger partial charge in [0, 0.05) is 10.6 Å². The van der Waals surface area contributed by atoms with Crippen molar-refractivity contribution in [2.75, 3.05) is 6.61 Å². The van der Waals surface area contributed by atoms with E-state index in [2.05, 4.69) is 0 Å². The van der Waals surface area contributed by atoms with Crippen molar-refractivity contribution in [3.63, 3.8) is 0 Å². The van der Waals surface area contributed by atoms with Crippen molar-refractivity contribution in [3.05, 3.63) is 34.6 Å². The first kappa shape index (κ1) is 7.07. The van der Waals surface area contributed by atoms with E-state index in [0.717, 1.165) is 0 Å². The molecule has 0 amide bonds. The third-order valence-corrected chi connectivity index (χ3v) is 1.98. The number of benzene rings is 1. The Morgan fingerprint density at radius 1 is 1.55 bits per heavy atom. The van der Waals surface area contributed by atoms with Crippen LogP contribution in [0.2, 0.25) is 5.02 Å². The van der Waals surface area contributed by atoms with Crippen LogP contribution in [0.4, 0.5) is 4.39 Å². The van der Waals surface area contributed by atoms with E-state index in [9.17, 15) is 4.39 Å². The maximum atomic E-state index is 13.0. The van der Waals surface area contributed by atoms with Crippen LogP contribution in [0.1, 0.15) is 11.7 Å². The highest BCUT2D eigenvalue weighted by atomic mass is 35.5. The van der Waals surface area contributed by atoms with Gasteiger partial charge in [-0.3, -0.25) is 0 Å². The van der Waals surface area contributed by atoms with Gasteiger partial charge in [-0.05, 0) is 12.1 Å². The molecule has 0 bridgehead atoms. The summed E-state index contributed by atoms with van der Waals surface area (Å²) < 4.78 is 17.9. The van der Waals surface area contributed by atoms with Crippen LogP contribution in [0.15, 0.2) is 18.2 Å². The van der Waals surface area contributed by atoms with Crippen molar-refractivity contribution in [2.45, 2.75) is 6.10 Å². The second kappa shape index (κ2) is 2.47. The zero-order valence-electron chi connectivity index (χ0n) is 5.68. The Morgan fingerprint density at radius 2 is 2.27 bits per heavy atom. The third-order valence-electron chi connectivity index (χ3n) is 1.66. The van der Waals surface area contributed by atoms with Crippen LogP contribution in [-0.4, -0.2) is 6.61 Å². The molecule has 2 rings (SSSR count). The Balaban J connectivity index is 2.48. The summed E-state index contributed by atoms with van der Waals surface area (Å²) in [5.41, 5.74) is 0.495. The van der Waals surface area contributed by atoms with Gasteiger partial charge < -0.3 is 4.74 Å². The summed E-state index contributed by atoms with van der Waals surface area (Å²) in [6.45, 7) is 0.584. The number of ether oxygens (including phenoxy) is 1. The fraction of sp³-hybridized carbons (Fsp3) is 0.250. The number of hydrogen-bond donors (Lipinski definition) is 0. The first-order valence-corrected chi connectivity index (χ1v) is 3.72. The lowest BCUT2D eigenvalue weighted by Gasteiger charge is -1.99. The molecule has 3 heteroatoms. The second-order valence-corrected chi connectivity index (χ2v) is 2.86. The lowest BCUT2D eigenvalue weighted by Crippen LogP contribution is -1.88. The van der Waals surface area contributed by atoms with Crippen molar-refractivity contribution in [1.82, 2.24) is 0 Å². The second-order valence-electron chi connectivity index (χ2n) is 2.46. The van der Waals surface area contributed by atoms with Gasteiger partial charge in [-0.15, -0.1) is 0 Å². The molecule has 1 fully saturated rings. The largest absolute Gasteiger partial charge is 0.368 e. The predicted octanol–water partition coefficient (Wildman–Crippen LogP) is 2.55. The molecule has 0 aliphatic carbocycles. The van der Waals surface area contributed by atoms with E-state index in [1.807, 2.05) is 0 Å². The normalized spacial score (nSPS) is 21.8. The molecular weight excluding hydrogens is 167 g/mol. The number of hydrogen-bond acceptors (Lipinski definition) is 1. The van der Waals surface area contributed by atoms with E-state index in [1.54, 1.807) is 12.1 Å². The minimum absolute atomic E-state index is 0.108. The van der Waals surface area contributed by atoms with E-state index in [-0.39, 0.29) is 11.9 Å². The molecule has 0 aromatic heterocycles. The molecule has 1 nitrogen and oxygen atoms in total. The summed E-state index contributed by atoms with van der Waals surface area (Å²) in [4.78, 5) is 0. The monoisotopic (exact) mass is 172 g/mol. The third kappa shape index (κ3) is 1.24. The molecule has 1 aliphatic heterocycles. The first-order chi connectivity index (χ1) is 5.29. The number of halogens is 2. The van der Waals surface area contributed by atoms with Gasteiger partial charge in [-0.25, -0.2) is 4.39 Å². The molecule has 0 spiro atoms. The summed E-state index contributed by atoms with van der Waals surface area (Å²) in [7, 11) is 0. The molecule has 58 valence electrons. The highest BCUT2D eigenvalue weighted by Gasteiger charge is 2.29. The van der Waals surface area contributed by atoms with Gasteiger partial charge in [0.25, 0.3) is 0 Å². The summed E-state index contributed by atoms with van der Waals surface area (Å²) in [6, 6.07) is 4.65. The van der Waals surface area contributed by atoms with Gasteiger partial charge in [-0.1, -0.05) is 17.7 Å². The maximum Gasteiger partial charge on any atom is 0.130 e. The maximum absolute atomic E-state index is 13.0. The smallest absolute Gasteiger partial charge is 0.130 e. The molecule has 0 N–H and O–H groups in total. The van der Waals surface area contributed by atoms with Crippen molar-refractivity contribution in [3.8, 4) is 0 Å². The van der Waals surface area contributed by atoms with Crippen molar-refractivity contribution in [2.24, 2.45) is 0 Å². The van der Waals surface area contributed by atoms with E-state index >= 15 is 0 Å². The molecule has 1 aliphatic rings.